The molecule has 3 aromatic carbocycles. The van der Waals surface area contributed by atoms with Gasteiger partial charge in [0.25, 0.3) is 5.91 Å². The molecule has 1 heterocycles. The summed E-state index contributed by atoms with van der Waals surface area (Å²) in [6.45, 7) is 0. The molecule has 4 rings (SSSR count). The molecule has 5 nitrogen and oxygen atoms in total. The highest BCUT2D eigenvalue weighted by Gasteiger charge is 2.31. The maximum absolute atomic E-state index is 13.1. The van der Waals surface area contributed by atoms with E-state index < -0.39 is 17.6 Å². The van der Waals surface area contributed by atoms with Crippen LogP contribution >= 0.6 is 0 Å². The molecule has 0 saturated heterocycles. The summed E-state index contributed by atoms with van der Waals surface area (Å²) in [6, 6.07) is 21.5. The molecule has 1 amide bonds. The quantitative estimate of drug-likeness (QED) is 0.382. The first kappa shape index (κ1) is 23.1. The third-order valence-corrected chi connectivity index (χ3v) is 5.42. The van der Waals surface area contributed by atoms with Gasteiger partial charge in [-0.1, -0.05) is 36.4 Å². The zero-order chi connectivity index (χ0) is 24.3. The van der Waals surface area contributed by atoms with E-state index >= 15 is 0 Å². The van der Waals surface area contributed by atoms with Crippen LogP contribution in [0, 0.1) is 0 Å². The van der Waals surface area contributed by atoms with Crippen LogP contribution in [0.5, 0.6) is 5.75 Å². The maximum atomic E-state index is 13.1. The van der Waals surface area contributed by atoms with Crippen LogP contribution in [0.15, 0.2) is 78.9 Å². The van der Waals surface area contributed by atoms with Crippen LogP contribution in [0.3, 0.4) is 0 Å². The standard InChI is InChI=1S/C26H22F3N3O2/c1-32-23(18-11-13-21(34-2)14-12-18)22(15-17-7-4-3-5-8-17)30-25(32)31-24(33)19-9-6-10-20(16-19)26(27,28)29/h3-14,16H,15H2,1-2H3,(H,30,31,33). The topological polar surface area (TPSA) is 56.1 Å². The van der Waals surface area contributed by atoms with Crippen LogP contribution in [0.1, 0.15) is 27.2 Å². The second-order valence-corrected chi connectivity index (χ2v) is 7.71. The number of rotatable bonds is 6. The molecule has 4 aromatic rings. The van der Waals surface area contributed by atoms with Crippen LogP contribution in [0.25, 0.3) is 11.3 Å². The number of benzene rings is 3. The second kappa shape index (κ2) is 9.43. The number of carbonyl (C=O) groups is 1. The van der Waals surface area contributed by atoms with Gasteiger partial charge in [0.2, 0.25) is 5.95 Å². The molecule has 0 radical (unpaired) electrons. The minimum atomic E-state index is -4.54. The molecule has 0 aliphatic rings. The number of ether oxygens (including phenoxy) is 1. The lowest BCUT2D eigenvalue weighted by Gasteiger charge is -2.10. The van der Waals surface area contributed by atoms with Crippen LogP contribution in [-0.4, -0.2) is 22.6 Å². The molecular formula is C26H22F3N3O2. The van der Waals surface area contributed by atoms with Crippen LogP contribution < -0.4 is 10.1 Å². The fourth-order valence-corrected chi connectivity index (χ4v) is 3.70. The number of carbonyl (C=O) groups excluding carboxylic acids is 1. The van der Waals surface area contributed by atoms with Gasteiger partial charge in [-0.25, -0.2) is 4.98 Å². The molecule has 0 atom stereocenters. The van der Waals surface area contributed by atoms with Gasteiger partial charge in [-0.15, -0.1) is 0 Å². The number of hydrogen-bond donors (Lipinski definition) is 1. The molecule has 174 valence electrons. The Bertz CT molecular complexity index is 1300. The molecule has 0 saturated carbocycles. The minimum Gasteiger partial charge on any atom is -0.497 e. The van der Waals surface area contributed by atoms with Crippen molar-refractivity contribution in [1.29, 1.82) is 0 Å². The summed E-state index contributed by atoms with van der Waals surface area (Å²) in [5, 5.41) is 2.66. The Kier molecular flexibility index (Phi) is 6.40. The smallest absolute Gasteiger partial charge is 0.416 e. The minimum absolute atomic E-state index is 0.103. The van der Waals surface area contributed by atoms with Gasteiger partial charge in [-0.05, 0) is 48.0 Å². The zero-order valence-electron chi connectivity index (χ0n) is 18.6. The number of methoxy groups -OCH3 is 1. The van der Waals surface area contributed by atoms with Crippen molar-refractivity contribution in [2.45, 2.75) is 12.6 Å². The summed E-state index contributed by atoms with van der Waals surface area (Å²) in [7, 11) is 3.34. The number of hydrogen-bond acceptors (Lipinski definition) is 3. The lowest BCUT2D eigenvalue weighted by atomic mass is 10.0. The van der Waals surface area contributed by atoms with E-state index in [-0.39, 0.29) is 11.5 Å². The largest absolute Gasteiger partial charge is 0.497 e. The number of nitrogens with zero attached hydrogens (tertiary/aromatic N) is 2. The number of anilines is 1. The average molecular weight is 465 g/mol. The van der Waals surface area contributed by atoms with E-state index in [0.29, 0.717) is 12.2 Å². The van der Waals surface area contributed by atoms with E-state index in [1.54, 1.807) is 18.7 Å². The Balaban J connectivity index is 1.71. The molecule has 8 heteroatoms. The first-order valence-electron chi connectivity index (χ1n) is 10.5. The number of aromatic nitrogens is 2. The van der Waals surface area contributed by atoms with Crippen LogP contribution in [-0.2, 0) is 19.6 Å². The predicted molar refractivity (Wildman–Crippen MR) is 124 cm³/mol. The molecule has 0 spiro atoms. The molecule has 0 aliphatic heterocycles. The monoisotopic (exact) mass is 465 g/mol. The number of imidazole rings is 1. The fourth-order valence-electron chi connectivity index (χ4n) is 3.70. The van der Waals surface area contributed by atoms with Crippen molar-refractivity contribution < 1.29 is 22.7 Å². The number of nitrogens with one attached hydrogen (secondary N) is 1. The predicted octanol–water partition coefficient (Wildman–Crippen LogP) is 5.96. The lowest BCUT2D eigenvalue weighted by molar-refractivity contribution is -0.137. The van der Waals surface area contributed by atoms with Crippen LogP contribution in [0.4, 0.5) is 19.1 Å². The van der Waals surface area contributed by atoms with E-state index in [2.05, 4.69) is 10.3 Å². The van der Waals surface area contributed by atoms with Crippen LogP contribution in [0.2, 0.25) is 0 Å². The Morgan fingerprint density at radius 1 is 1.00 bits per heavy atom. The number of halogens is 3. The maximum Gasteiger partial charge on any atom is 0.416 e. The summed E-state index contributed by atoms with van der Waals surface area (Å²) in [4.78, 5) is 17.4. The second-order valence-electron chi connectivity index (χ2n) is 7.71. The molecule has 1 aromatic heterocycles. The summed E-state index contributed by atoms with van der Waals surface area (Å²) < 4.78 is 46.2. The first-order valence-corrected chi connectivity index (χ1v) is 10.5. The first-order chi connectivity index (χ1) is 16.3. The molecular weight excluding hydrogens is 443 g/mol. The Labute approximate surface area is 194 Å². The fraction of sp³-hybridized carbons (Fsp3) is 0.154. The SMILES string of the molecule is COc1ccc(-c2c(Cc3ccccc3)nc(NC(=O)c3cccc(C(F)(F)F)c3)n2C)cc1. The van der Waals surface area contributed by atoms with E-state index in [0.717, 1.165) is 34.6 Å². The summed E-state index contributed by atoms with van der Waals surface area (Å²) in [5.41, 5.74) is 2.41. The highest BCUT2D eigenvalue weighted by molar-refractivity contribution is 6.03. The summed E-state index contributed by atoms with van der Waals surface area (Å²) in [6.07, 6.45) is -4.03. The third-order valence-electron chi connectivity index (χ3n) is 5.42. The van der Waals surface area contributed by atoms with Gasteiger partial charge in [0.15, 0.2) is 0 Å². The highest BCUT2D eigenvalue weighted by Crippen LogP contribution is 2.31. The average Bonchev–Trinajstić information content (AvgIpc) is 3.13. The van der Waals surface area contributed by atoms with Gasteiger partial charge in [0.1, 0.15) is 5.75 Å². The van der Waals surface area contributed by atoms with Gasteiger partial charge in [0, 0.05) is 24.6 Å². The Morgan fingerprint density at radius 2 is 1.71 bits per heavy atom. The third kappa shape index (κ3) is 4.96. The van der Waals surface area contributed by atoms with E-state index in [1.165, 1.54) is 12.1 Å². The summed E-state index contributed by atoms with van der Waals surface area (Å²) >= 11 is 0. The molecule has 0 aliphatic carbocycles. The van der Waals surface area contributed by atoms with Crippen molar-refractivity contribution in [3.8, 4) is 17.0 Å². The highest BCUT2D eigenvalue weighted by atomic mass is 19.4. The van der Waals surface area contributed by atoms with Crippen molar-refractivity contribution >= 4 is 11.9 Å². The van der Waals surface area contributed by atoms with Gasteiger partial charge in [0.05, 0.1) is 24.1 Å². The molecule has 34 heavy (non-hydrogen) atoms. The Hall–Kier alpha value is -4.07. The number of amides is 1. The van der Waals surface area contributed by atoms with Gasteiger partial charge >= 0.3 is 6.18 Å². The number of alkyl halides is 3. The van der Waals surface area contributed by atoms with E-state index in [4.69, 9.17) is 4.74 Å². The van der Waals surface area contributed by atoms with Gasteiger partial charge in [-0.3, -0.25) is 10.1 Å². The van der Waals surface area contributed by atoms with Crippen molar-refractivity contribution in [3.63, 3.8) is 0 Å². The van der Waals surface area contributed by atoms with E-state index in [9.17, 15) is 18.0 Å². The Morgan fingerprint density at radius 3 is 2.35 bits per heavy atom. The molecule has 0 unspecified atom stereocenters. The lowest BCUT2D eigenvalue weighted by Crippen LogP contribution is -2.16. The molecule has 0 bridgehead atoms. The molecule has 1 N–H and O–H groups in total. The summed E-state index contributed by atoms with van der Waals surface area (Å²) in [5.74, 6) is 0.263. The van der Waals surface area contributed by atoms with Crippen molar-refractivity contribution in [2.24, 2.45) is 7.05 Å². The van der Waals surface area contributed by atoms with Crippen molar-refractivity contribution in [2.75, 3.05) is 12.4 Å². The van der Waals surface area contributed by atoms with Crippen molar-refractivity contribution in [3.05, 3.63) is 101 Å². The normalized spacial score (nSPS) is 11.3. The van der Waals surface area contributed by atoms with Crippen molar-refractivity contribution in [1.82, 2.24) is 9.55 Å². The van der Waals surface area contributed by atoms with E-state index in [1.807, 2.05) is 54.6 Å². The van der Waals surface area contributed by atoms with Gasteiger partial charge < -0.3 is 9.30 Å². The van der Waals surface area contributed by atoms with Gasteiger partial charge in [-0.2, -0.15) is 13.2 Å². The molecule has 0 fully saturated rings. The zero-order valence-corrected chi connectivity index (χ0v) is 18.6.